The van der Waals surface area contributed by atoms with E-state index in [1.807, 2.05) is 42.9 Å². The lowest BCUT2D eigenvalue weighted by molar-refractivity contribution is 0.0156. The molecule has 0 spiro atoms. The predicted molar refractivity (Wildman–Crippen MR) is 102 cm³/mol. The number of urea groups is 1. The molecule has 27 heavy (non-hydrogen) atoms. The summed E-state index contributed by atoms with van der Waals surface area (Å²) in [5.41, 5.74) is 0.965. The summed E-state index contributed by atoms with van der Waals surface area (Å²) in [6.45, 7) is 6.66. The fraction of sp³-hybridized carbons (Fsp3) is 0.526. The number of aryl methyl sites for hydroxylation is 1. The van der Waals surface area contributed by atoms with E-state index in [0.717, 1.165) is 24.6 Å². The molecule has 1 N–H and O–H groups in total. The summed E-state index contributed by atoms with van der Waals surface area (Å²) in [7, 11) is 1.93. The Balaban J connectivity index is 1.64. The van der Waals surface area contributed by atoms with Gasteiger partial charge in [-0.2, -0.15) is 0 Å². The summed E-state index contributed by atoms with van der Waals surface area (Å²) in [5, 5.41) is 3.09. The summed E-state index contributed by atoms with van der Waals surface area (Å²) in [4.78, 5) is 25.6. The Kier molecular flexibility index (Phi) is 6.78. The highest BCUT2D eigenvalue weighted by molar-refractivity contribution is 5.74. The summed E-state index contributed by atoms with van der Waals surface area (Å²) < 4.78 is 7.40. The van der Waals surface area contributed by atoms with Gasteiger partial charge in [-0.3, -0.25) is 9.88 Å². The zero-order valence-corrected chi connectivity index (χ0v) is 16.0. The van der Waals surface area contributed by atoms with Gasteiger partial charge in [0.2, 0.25) is 0 Å². The molecule has 1 saturated heterocycles. The standard InChI is InChI=1S/C19H28N6O2/c1-3-24(15-18-21-8-9-23(18)2)19(26)22-14-17(16-6-4-5-7-20-16)25-10-12-27-13-11-25/h4-9,17H,3,10-15H2,1-2H3,(H,22,26)/t17-/m1/s1. The smallest absolute Gasteiger partial charge is 0.317 e. The van der Waals surface area contributed by atoms with Crippen molar-refractivity contribution in [1.29, 1.82) is 0 Å². The van der Waals surface area contributed by atoms with Gasteiger partial charge in [-0.05, 0) is 19.1 Å². The molecule has 3 rings (SSSR count). The first-order chi connectivity index (χ1) is 13.2. The summed E-state index contributed by atoms with van der Waals surface area (Å²) >= 11 is 0. The largest absolute Gasteiger partial charge is 0.379 e. The van der Waals surface area contributed by atoms with Crippen molar-refractivity contribution < 1.29 is 9.53 Å². The molecule has 1 fully saturated rings. The molecule has 0 unspecified atom stereocenters. The van der Waals surface area contributed by atoms with Crippen LogP contribution >= 0.6 is 0 Å². The van der Waals surface area contributed by atoms with Gasteiger partial charge in [0.15, 0.2) is 0 Å². The lowest BCUT2D eigenvalue weighted by atomic mass is 10.1. The van der Waals surface area contributed by atoms with Crippen LogP contribution in [-0.4, -0.2) is 69.8 Å². The number of imidazole rings is 1. The maximum absolute atomic E-state index is 12.7. The van der Waals surface area contributed by atoms with Crippen molar-refractivity contribution in [2.75, 3.05) is 39.4 Å². The van der Waals surface area contributed by atoms with Gasteiger partial charge in [0.05, 0.1) is 31.5 Å². The Morgan fingerprint density at radius 3 is 2.74 bits per heavy atom. The van der Waals surface area contributed by atoms with Gasteiger partial charge < -0.3 is 19.5 Å². The highest BCUT2D eigenvalue weighted by atomic mass is 16.5. The first kappa shape index (κ1) is 19.3. The van der Waals surface area contributed by atoms with Crippen molar-refractivity contribution in [2.45, 2.75) is 19.5 Å². The molecule has 0 bridgehead atoms. The number of ether oxygens (including phenoxy) is 1. The minimum atomic E-state index is -0.0882. The number of nitrogens with zero attached hydrogens (tertiary/aromatic N) is 5. The zero-order chi connectivity index (χ0) is 19.1. The SMILES string of the molecule is CCN(Cc1nccn1C)C(=O)NC[C@H](c1ccccn1)N1CCOCC1. The second kappa shape index (κ2) is 9.48. The minimum absolute atomic E-state index is 0.0333. The number of hydrogen-bond donors (Lipinski definition) is 1. The molecule has 2 aromatic heterocycles. The molecule has 3 heterocycles. The minimum Gasteiger partial charge on any atom is -0.379 e. The number of carbonyl (C=O) groups excluding carboxylic acids is 1. The molecular formula is C19H28N6O2. The van der Waals surface area contributed by atoms with Gasteiger partial charge in [-0.15, -0.1) is 0 Å². The fourth-order valence-corrected chi connectivity index (χ4v) is 3.23. The van der Waals surface area contributed by atoms with E-state index in [2.05, 4.69) is 20.2 Å². The van der Waals surface area contributed by atoms with Crippen molar-refractivity contribution >= 4 is 6.03 Å². The van der Waals surface area contributed by atoms with Gasteiger partial charge in [0.25, 0.3) is 0 Å². The first-order valence-electron chi connectivity index (χ1n) is 9.40. The number of aromatic nitrogens is 3. The Morgan fingerprint density at radius 2 is 2.11 bits per heavy atom. The third kappa shape index (κ3) is 5.05. The molecule has 0 aliphatic carbocycles. The van der Waals surface area contributed by atoms with Crippen molar-refractivity contribution in [3.63, 3.8) is 0 Å². The van der Waals surface area contributed by atoms with Crippen LogP contribution in [-0.2, 0) is 18.3 Å². The quantitative estimate of drug-likeness (QED) is 0.796. The summed E-state index contributed by atoms with van der Waals surface area (Å²) in [6, 6.07) is 5.85. The molecule has 0 aromatic carbocycles. The van der Waals surface area contributed by atoms with Crippen molar-refractivity contribution in [1.82, 2.24) is 29.7 Å². The van der Waals surface area contributed by atoms with Crippen LogP contribution in [0.1, 0.15) is 24.5 Å². The van der Waals surface area contributed by atoms with Crippen LogP contribution in [0.3, 0.4) is 0 Å². The molecule has 1 atom stereocenters. The number of pyridine rings is 1. The highest BCUT2D eigenvalue weighted by Crippen LogP contribution is 2.19. The van der Waals surface area contributed by atoms with E-state index < -0.39 is 0 Å². The van der Waals surface area contributed by atoms with Crippen LogP contribution in [0.2, 0.25) is 0 Å². The predicted octanol–water partition coefficient (Wildman–Crippen LogP) is 1.42. The molecule has 1 aliphatic rings. The van der Waals surface area contributed by atoms with Gasteiger partial charge in [-0.25, -0.2) is 9.78 Å². The Morgan fingerprint density at radius 1 is 1.30 bits per heavy atom. The maximum Gasteiger partial charge on any atom is 0.317 e. The number of nitrogens with one attached hydrogen (secondary N) is 1. The molecule has 146 valence electrons. The Hall–Kier alpha value is -2.45. The van der Waals surface area contributed by atoms with Gasteiger partial charge in [-0.1, -0.05) is 6.07 Å². The van der Waals surface area contributed by atoms with Crippen molar-refractivity contribution in [2.24, 2.45) is 7.05 Å². The third-order valence-electron chi connectivity index (χ3n) is 4.88. The summed E-state index contributed by atoms with van der Waals surface area (Å²) in [6.07, 6.45) is 5.43. The second-order valence-electron chi connectivity index (χ2n) is 6.57. The molecule has 1 aliphatic heterocycles. The van der Waals surface area contributed by atoms with E-state index in [1.165, 1.54) is 0 Å². The van der Waals surface area contributed by atoms with E-state index >= 15 is 0 Å². The topological polar surface area (TPSA) is 75.5 Å². The van der Waals surface area contributed by atoms with Crippen LogP contribution in [0.4, 0.5) is 4.79 Å². The van der Waals surface area contributed by atoms with E-state index in [0.29, 0.717) is 32.8 Å². The van der Waals surface area contributed by atoms with E-state index in [9.17, 15) is 4.79 Å². The molecule has 0 saturated carbocycles. The van der Waals surface area contributed by atoms with Crippen molar-refractivity contribution in [3.05, 3.63) is 48.3 Å². The third-order valence-corrected chi connectivity index (χ3v) is 4.88. The Bertz CT molecular complexity index is 714. The maximum atomic E-state index is 12.7. The average Bonchev–Trinajstić information content (AvgIpc) is 3.12. The average molecular weight is 372 g/mol. The Labute approximate surface area is 160 Å². The van der Waals surface area contributed by atoms with E-state index in [1.54, 1.807) is 17.3 Å². The normalized spacial score (nSPS) is 16.1. The second-order valence-corrected chi connectivity index (χ2v) is 6.57. The molecule has 0 radical (unpaired) electrons. The molecule has 8 nitrogen and oxygen atoms in total. The number of carbonyl (C=O) groups is 1. The van der Waals surface area contributed by atoms with Crippen LogP contribution in [0, 0.1) is 0 Å². The van der Waals surface area contributed by atoms with Gasteiger partial charge in [0.1, 0.15) is 5.82 Å². The van der Waals surface area contributed by atoms with Crippen LogP contribution in [0.5, 0.6) is 0 Å². The van der Waals surface area contributed by atoms with Crippen LogP contribution in [0.25, 0.3) is 0 Å². The molecule has 2 amide bonds. The lowest BCUT2D eigenvalue weighted by Gasteiger charge is -2.34. The zero-order valence-electron chi connectivity index (χ0n) is 16.0. The van der Waals surface area contributed by atoms with E-state index in [4.69, 9.17) is 4.74 Å². The van der Waals surface area contributed by atoms with Crippen LogP contribution in [0.15, 0.2) is 36.8 Å². The fourth-order valence-electron chi connectivity index (χ4n) is 3.23. The molecule has 8 heteroatoms. The van der Waals surface area contributed by atoms with E-state index in [-0.39, 0.29) is 12.1 Å². The number of rotatable bonds is 7. The van der Waals surface area contributed by atoms with Gasteiger partial charge in [0, 0.05) is 51.8 Å². The first-order valence-corrected chi connectivity index (χ1v) is 9.40. The summed E-state index contributed by atoms with van der Waals surface area (Å²) in [5.74, 6) is 0.862. The number of amides is 2. The van der Waals surface area contributed by atoms with Crippen molar-refractivity contribution in [3.8, 4) is 0 Å². The number of morpholine rings is 1. The number of hydrogen-bond acceptors (Lipinski definition) is 5. The highest BCUT2D eigenvalue weighted by Gasteiger charge is 2.25. The monoisotopic (exact) mass is 372 g/mol. The van der Waals surface area contributed by atoms with Gasteiger partial charge >= 0.3 is 6.03 Å². The lowest BCUT2D eigenvalue weighted by Crippen LogP contribution is -2.47. The molecule has 2 aromatic rings. The molecular weight excluding hydrogens is 344 g/mol. The van der Waals surface area contributed by atoms with Crippen LogP contribution < -0.4 is 5.32 Å².